The molecule has 0 heterocycles. The second-order valence-electron chi connectivity index (χ2n) is 7.10. The van der Waals surface area contributed by atoms with Gasteiger partial charge in [0.1, 0.15) is 5.60 Å². The Morgan fingerprint density at radius 2 is 2.17 bits per heavy atom. The maximum Gasteiger partial charge on any atom is 0.412 e. The summed E-state index contributed by atoms with van der Waals surface area (Å²) in [7, 11) is 0. The lowest BCUT2D eigenvalue weighted by Crippen LogP contribution is -2.29. The fraction of sp³-hybridized carbons (Fsp3) is 0.611. The van der Waals surface area contributed by atoms with Gasteiger partial charge in [0.2, 0.25) is 0 Å². The number of amides is 1. The molecule has 2 unspecified atom stereocenters. The van der Waals surface area contributed by atoms with Crippen LogP contribution in [0.2, 0.25) is 0 Å². The Balaban J connectivity index is 1.97. The highest BCUT2D eigenvalue weighted by Gasteiger charge is 2.23. The zero-order valence-corrected chi connectivity index (χ0v) is 14.5. The third-order valence-electron chi connectivity index (χ3n) is 3.94. The number of aliphatic hydroxyl groups is 1. The molecule has 0 radical (unpaired) electrons. The smallest absolute Gasteiger partial charge is 0.412 e. The van der Waals surface area contributed by atoms with Crippen molar-refractivity contribution in [2.75, 3.05) is 11.9 Å². The number of aryl methyl sites for hydroxylation is 1. The highest BCUT2D eigenvalue weighted by molar-refractivity contribution is 5.85. The van der Waals surface area contributed by atoms with E-state index in [4.69, 9.17) is 4.74 Å². The van der Waals surface area contributed by atoms with Gasteiger partial charge in [-0.15, -0.1) is 0 Å². The summed E-state index contributed by atoms with van der Waals surface area (Å²) in [6.07, 6.45) is 2.01. The van der Waals surface area contributed by atoms with Crippen LogP contribution in [0.5, 0.6) is 0 Å². The van der Waals surface area contributed by atoms with Gasteiger partial charge in [0.05, 0.1) is 6.10 Å². The molecule has 2 rings (SSSR count). The van der Waals surface area contributed by atoms with Crippen LogP contribution in [0.1, 0.15) is 57.7 Å². The first-order valence-corrected chi connectivity index (χ1v) is 8.32. The maximum atomic E-state index is 11.8. The number of benzene rings is 1. The molecular formula is C18H28N2O3. The lowest BCUT2D eigenvalue weighted by Gasteiger charge is -2.20. The standard InChI is InChI=1S/C18H28N2O3/c1-5-14(21)11-19-16-9-6-12-10-13(7-8-15(12)16)20-17(22)23-18(2,3)4/h7-8,10,14,16,19,21H,5-6,9,11H2,1-4H3,(H,20,22). The number of hydrogen-bond donors (Lipinski definition) is 3. The first-order chi connectivity index (χ1) is 10.8. The summed E-state index contributed by atoms with van der Waals surface area (Å²) in [5.41, 5.74) is 2.74. The molecule has 0 saturated heterocycles. The van der Waals surface area contributed by atoms with Crippen LogP contribution in [-0.4, -0.2) is 29.4 Å². The molecule has 2 atom stereocenters. The third kappa shape index (κ3) is 5.22. The minimum atomic E-state index is -0.504. The molecule has 128 valence electrons. The van der Waals surface area contributed by atoms with Crippen molar-refractivity contribution in [2.45, 2.75) is 64.7 Å². The van der Waals surface area contributed by atoms with Crippen molar-refractivity contribution in [3.05, 3.63) is 29.3 Å². The van der Waals surface area contributed by atoms with Crippen molar-refractivity contribution >= 4 is 11.8 Å². The zero-order chi connectivity index (χ0) is 17.0. The highest BCUT2D eigenvalue weighted by Crippen LogP contribution is 2.33. The number of anilines is 1. The average molecular weight is 320 g/mol. The van der Waals surface area contributed by atoms with Crippen LogP contribution < -0.4 is 10.6 Å². The van der Waals surface area contributed by atoms with E-state index in [1.165, 1.54) is 11.1 Å². The fourth-order valence-electron chi connectivity index (χ4n) is 2.75. The number of rotatable bonds is 5. The Bertz CT molecular complexity index is 552. The van der Waals surface area contributed by atoms with Crippen LogP contribution in [-0.2, 0) is 11.2 Å². The van der Waals surface area contributed by atoms with E-state index in [0.29, 0.717) is 6.54 Å². The maximum absolute atomic E-state index is 11.8. The first kappa shape index (κ1) is 17.8. The SMILES string of the molecule is CCC(O)CNC1CCc2cc(NC(=O)OC(C)(C)C)ccc21. The summed E-state index contributed by atoms with van der Waals surface area (Å²) in [5.74, 6) is 0. The van der Waals surface area contributed by atoms with Gasteiger partial charge >= 0.3 is 6.09 Å². The van der Waals surface area contributed by atoms with Crippen LogP contribution in [0.3, 0.4) is 0 Å². The molecule has 0 aliphatic heterocycles. The molecule has 0 saturated carbocycles. The molecule has 0 fully saturated rings. The Labute approximate surface area is 138 Å². The highest BCUT2D eigenvalue weighted by atomic mass is 16.6. The minimum Gasteiger partial charge on any atom is -0.444 e. The lowest BCUT2D eigenvalue weighted by molar-refractivity contribution is 0.0636. The Morgan fingerprint density at radius 1 is 1.43 bits per heavy atom. The molecule has 1 aromatic rings. The topological polar surface area (TPSA) is 70.6 Å². The van der Waals surface area contributed by atoms with Gasteiger partial charge in [0.15, 0.2) is 0 Å². The Kier molecular flexibility index (Phi) is 5.65. The molecule has 1 amide bonds. The van der Waals surface area contributed by atoms with E-state index in [1.807, 2.05) is 45.9 Å². The number of aliphatic hydroxyl groups excluding tert-OH is 1. The molecule has 1 aliphatic rings. The van der Waals surface area contributed by atoms with Gasteiger partial charge in [-0.1, -0.05) is 13.0 Å². The summed E-state index contributed by atoms with van der Waals surface area (Å²) in [4.78, 5) is 11.8. The zero-order valence-electron chi connectivity index (χ0n) is 14.5. The van der Waals surface area contributed by atoms with Gasteiger partial charge in [-0.3, -0.25) is 5.32 Å². The van der Waals surface area contributed by atoms with Crippen LogP contribution in [0.15, 0.2) is 18.2 Å². The summed E-state index contributed by atoms with van der Waals surface area (Å²) >= 11 is 0. The fourth-order valence-corrected chi connectivity index (χ4v) is 2.75. The van der Waals surface area contributed by atoms with E-state index >= 15 is 0 Å². The van der Waals surface area contributed by atoms with E-state index in [-0.39, 0.29) is 12.1 Å². The van der Waals surface area contributed by atoms with E-state index < -0.39 is 11.7 Å². The van der Waals surface area contributed by atoms with Gasteiger partial charge in [0.25, 0.3) is 0 Å². The monoisotopic (exact) mass is 320 g/mol. The van der Waals surface area contributed by atoms with Crippen molar-refractivity contribution in [2.24, 2.45) is 0 Å². The quantitative estimate of drug-likeness (QED) is 0.778. The summed E-state index contributed by atoms with van der Waals surface area (Å²) < 4.78 is 5.27. The molecule has 0 spiro atoms. The van der Waals surface area contributed by atoms with Gasteiger partial charge in [-0.05, 0) is 63.3 Å². The van der Waals surface area contributed by atoms with Gasteiger partial charge in [-0.2, -0.15) is 0 Å². The van der Waals surface area contributed by atoms with Crippen molar-refractivity contribution in [3.8, 4) is 0 Å². The van der Waals surface area contributed by atoms with E-state index in [9.17, 15) is 9.90 Å². The molecule has 3 N–H and O–H groups in total. The number of nitrogens with one attached hydrogen (secondary N) is 2. The Morgan fingerprint density at radius 3 is 2.83 bits per heavy atom. The van der Waals surface area contributed by atoms with E-state index in [1.54, 1.807) is 0 Å². The largest absolute Gasteiger partial charge is 0.444 e. The van der Waals surface area contributed by atoms with Gasteiger partial charge in [-0.25, -0.2) is 4.79 Å². The van der Waals surface area contributed by atoms with Crippen LogP contribution in [0.4, 0.5) is 10.5 Å². The molecule has 0 bridgehead atoms. The molecular weight excluding hydrogens is 292 g/mol. The predicted molar refractivity (Wildman–Crippen MR) is 91.7 cm³/mol. The second-order valence-corrected chi connectivity index (χ2v) is 7.10. The first-order valence-electron chi connectivity index (χ1n) is 8.32. The molecule has 1 aromatic carbocycles. The van der Waals surface area contributed by atoms with E-state index in [0.717, 1.165) is 24.9 Å². The van der Waals surface area contributed by atoms with Crippen molar-refractivity contribution in [1.29, 1.82) is 0 Å². The van der Waals surface area contributed by atoms with Crippen LogP contribution in [0, 0.1) is 0 Å². The van der Waals surface area contributed by atoms with E-state index in [2.05, 4.69) is 10.6 Å². The molecule has 1 aliphatic carbocycles. The average Bonchev–Trinajstić information content (AvgIpc) is 2.85. The minimum absolute atomic E-state index is 0.279. The number of carbonyl (C=O) groups is 1. The number of carbonyl (C=O) groups excluding carboxylic acids is 1. The van der Waals surface area contributed by atoms with Gasteiger partial charge < -0.3 is 15.2 Å². The number of fused-ring (bicyclic) bond motifs is 1. The predicted octanol–water partition coefficient (Wildman–Crippen LogP) is 3.38. The Hall–Kier alpha value is -1.59. The molecule has 5 nitrogen and oxygen atoms in total. The molecule has 5 heteroatoms. The number of hydrogen-bond acceptors (Lipinski definition) is 4. The summed E-state index contributed by atoms with van der Waals surface area (Å²) in [6, 6.07) is 6.24. The van der Waals surface area contributed by atoms with Crippen LogP contribution >= 0.6 is 0 Å². The second kappa shape index (κ2) is 7.32. The van der Waals surface area contributed by atoms with Crippen molar-refractivity contribution < 1.29 is 14.6 Å². The third-order valence-corrected chi connectivity index (χ3v) is 3.94. The van der Waals surface area contributed by atoms with Gasteiger partial charge in [0, 0.05) is 18.3 Å². The van der Waals surface area contributed by atoms with Crippen molar-refractivity contribution in [1.82, 2.24) is 5.32 Å². The normalized spacial score (nSPS) is 18.4. The van der Waals surface area contributed by atoms with Crippen LogP contribution in [0.25, 0.3) is 0 Å². The number of ether oxygens (including phenoxy) is 1. The summed E-state index contributed by atoms with van der Waals surface area (Å²) in [6.45, 7) is 8.12. The molecule has 0 aromatic heterocycles. The molecule has 23 heavy (non-hydrogen) atoms. The lowest BCUT2D eigenvalue weighted by atomic mass is 10.1. The van der Waals surface area contributed by atoms with Crippen molar-refractivity contribution in [3.63, 3.8) is 0 Å². The summed E-state index contributed by atoms with van der Waals surface area (Å²) in [5, 5.41) is 15.9.